The third-order valence-electron chi connectivity index (χ3n) is 2.76. The molecule has 2 aromatic rings. The zero-order chi connectivity index (χ0) is 15.1. The average molecular weight is 285 g/mol. The number of carbonyl (C=O) groups excluding carboxylic acids is 1. The summed E-state index contributed by atoms with van der Waals surface area (Å²) < 4.78 is 12.9. The topological polar surface area (TPSA) is 53.5 Å². The van der Waals surface area contributed by atoms with E-state index in [1.165, 1.54) is 18.3 Å². The maximum absolute atomic E-state index is 12.9. The van der Waals surface area contributed by atoms with Crippen LogP contribution in [0.15, 0.2) is 53.6 Å². The van der Waals surface area contributed by atoms with Crippen molar-refractivity contribution < 1.29 is 9.18 Å². The van der Waals surface area contributed by atoms with E-state index in [2.05, 4.69) is 15.8 Å². The van der Waals surface area contributed by atoms with Crippen molar-refractivity contribution in [1.29, 1.82) is 0 Å². The van der Waals surface area contributed by atoms with Crippen LogP contribution in [-0.2, 0) is 4.79 Å². The number of anilines is 1. The number of benzene rings is 2. The van der Waals surface area contributed by atoms with Crippen molar-refractivity contribution in [3.05, 3.63) is 65.5 Å². The summed E-state index contributed by atoms with van der Waals surface area (Å²) in [6.45, 7) is 2.11. The van der Waals surface area contributed by atoms with Gasteiger partial charge in [-0.3, -0.25) is 4.79 Å². The summed E-state index contributed by atoms with van der Waals surface area (Å²) in [7, 11) is 0. The molecule has 0 fully saturated rings. The Morgan fingerprint density at radius 2 is 2.00 bits per heavy atom. The minimum Gasteiger partial charge on any atom is -0.376 e. The molecule has 2 aromatic carbocycles. The fraction of sp³-hybridized carbons (Fsp3) is 0.125. The molecule has 0 radical (unpaired) electrons. The Labute approximate surface area is 122 Å². The average Bonchev–Trinajstić information content (AvgIpc) is 2.47. The second-order valence-electron chi connectivity index (χ2n) is 4.57. The fourth-order valence-corrected chi connectivity index (χ4v) is 1.66. The van der Waals surface area contributed by atoms with Crippen molar-refractivity contribution in [1.82, 2.24) is 5.43 Å². The Balaban J connectivity index is 1.78. The lowest BCUT2D eigenvalue weighted by Gasteiger charge is -2.05. The first-order valence-electron chi connectivity index (χ1n) is 6.51. The Hall–Kier alpha value is -2.69. The molecule has 0 bridgehead atoms. The summed E-state index contributed by atoms with van der Waals surface area (Å²) in [5.41, 5.74) is 4.99. The predicted molar refractivity (Wildman–Crippen MR) is 81.8 cm³/mol. The van der Waals surface area contributed by atoms with Crippen LogP contribution in [0.5, 0.6) is 0 Å². The minimum absolute atomic E-state index is 0.115. The van der Waals surface area contributed by atoms with Crippen molar-refractivity contribution >= 4 is 17.8 Å². The molecule has 2 N–H and O–H groups in total. The molecule has 1 amide bonds. The highest BCUT2D eigenvalue weighted by Gasteiger charge is 1.99. The molecule has 0 saturated carbocycles. The SMILES string of the molecule is Cc1ccc(NCC(=O)N/N=C\c2cccc(F)c2)cc1. The number of hydrogen-bond acceptors (Lipinski definition) is 3. The largest absolute Gasteiger partial charge is 0.376 e. The first kappa shape index (κ1) is 14.7. The Bertz CT molecular complexity index is 638. The second kappa shape index (κ2) is 7.19. The highest BCUT2D eigenvalue weighted by atomic mass is 19.1. The smallest absolute Gasteiger partial charge is 0.259 e. The number of nitrogens with one attached hydrogen (secondary N) is 2. The van der Waals surface area contributed by atoms with Gasteiger partial charge < -0.3 is 5.32 Å². The van der Waals surface area contributed by atoms with Gasteiger partial charge in [-0.05, 0) is 36.8 Å². The van der Waals surface area contributed by atoms with Crippen molar-refractivity contribution in [3.63, 3.8) is 0 Å². The van der Waals surface area contributed by atoms with E-state index in [4.69, 9.17) is 0 Å². The molecule has 0 aliphatic rings. The van der Waals surface area contributed by atoms with E-state index in [9.17, 15) is 9.18 Å². The van der Waals surface area contributed by atoms with Crippen LogP contribution in [0.4, 0.5) is 10.1 Å². The maximum Gasteiger partial charge on any atom is 0.259 e. The van der Waals surface area contributed by atoms with Crippen LogP contribution in [0.1, 0.15) is 11.1 Å². The normalized spacial score (nSPS) is 10.6. The van der Waals surface area contributed by atoms with Gasteiger partial charge in [-0.1, -0.05) is 29.8 Å². The van der Waals surface area contributed by atoms with Gasteiger partial charge in [0, 0.05) is 5.69 Å². The van der Waals surface area contributed by atoms with Gasteiger partial charge >= 0.3 is 0 Å². The maximum atomic E-state index is 12.9. The molecule has 4 nitrogen and oxygen atoms in total. The van der Waals surface area contributed by atoms with Gasteiger partial charge in [0.2, 0.25) is 0 Å². The second-order valence-corrected chi connectivity index (χ2v) is 4.57. The van der Waals surface area contributed by atoms with Crippen molar-refractivity contribution in [2.24, 2.45) is 5.10 Å². The summed E-state index contributed by atoms with van der Waals surface area (Å²) in [5, 5.41) is 6.76. The number of aryl methyl sites for hydroxylation is 1. The van der Waals surface area contributed by atoms with Crippen LogP contribution in [0.2, 0.25) is 0 Å². The third-order valence-corrected chi connectivity index (χ3v) is 2.76. The zero-order valence-corrected chi connectivity index (χ0v) is 11.6. The van der Waals surface area contributed by atoms with Crippen LogP contribution in [0, 0.1) is 12.7 Å². The first-order valence-corrected chi connectivity index (χ1v) is 6.51. The van der Waals surface area contributed by atoms with Crippen LogP contribution in [0.3, 0.4) is 0 Å². The molecule has 108 valence electrons. The molecule has 2 rings (SSSR count). The van der Waals surface area contributed by atoms with Crippen molar-refractivity contribution in [2.45, 2.75) is 6.92 Å². The zero-order valence-electron chi connectivity index (χ0n) is 11.6. The van der Waals surface area contributed by atoms with Gasteiger partial charge in [0.05, 0.1) is 12.8 Å². The molecule has 0 aromatic heterocycles. The van der Waals surface area contributed by atoms with Gasteiger partial charge in [0.1, 0.15) is 5.82 Å². The first-order chi connectivity index (χ1) is 10.1. The van der Waals surface area contributed by atoms with Crippen molar-refractivity contribution in [3.8, 4) is 0 Å². The van der Waals surface area contributed by atoms with Gasteiger partial charge in [-0.25, -0.2) is 9.82 Å². The quantitative estimate of drug-likeness (QED) is 0.655. The number of hydrazone groups is 1. The monoisotopic (exact) mass is 285 g/mol. The van der Waals surface area contributed by atoms with E-state index in [1.54, 1.807) is 12.1 Å². The molecular formula is C16H16FN3O. The highest BCUT2D eigenvalue weighted by molar-refractivity contribution is 5.84. The van der Waals surface area contributed by atoms with Crippen LogP contribution in [0.25, 0.3) is 0 Å². The van der Waals surface area contributed by atoms with E-state index < -0.39 is 0 Å². The summed E-state index contributed by atoms with van der Waals surface area (Å²) >= 11 is 0. The van der Waals surface area contributed by atoms with Gasteiger partial charge in [-0.2, -0.15) is 5.10 Å². The van der Waals surface area contributed by atoms with E-state index in [-0.39, 0.29) is 18.3 Å². The molecule has 0 aliphatic heterocycles. The summed E-state index contributed by atoms with van der Waals surface area (Å²) in [5.74, 6) is -0.616. The standard InChI is InChI=1S/C16H16FN3O/c1-12-5-7-15(8-6-12)18-11-16(21)20-19-10-13-3-2-4-14(17)9-13/h2-10,18H,11H2,1H3,(H,20,21)/b19-10-. The van der Waals surface area contributed by atoms with E-state index in [0.717, 1.165) is 11.3 Å². The molecule has 0 saturated heterocycles. The summed E-state index contributed by atoms with van der Waals surface area (Å²) in [6.07, 6.45) is 1.40. The predicted octanol–water partition coefficient (Wildman–Crippen LogP) is 2.70. The number of halogens is 1. The van der Waals surface area contributed by atoms with Crippen molar-refractivity contribution in [2.75, 3.05) is 11.9 Å². The van der Waals surface area contributed by atoms with Crippen LogP contribution < -0.4 is 10.7 Å². The number of nitrogens with zero attached hydrogens (tertiary/aromatic N) is 1. The fourth-order valence-electron chi connectivity index (χ4n) is 1.66. The molecule has 5 heteroatoms. The Kier molecular flexibility index (Phi) is 5.04. The molecule has 0 atom stereocenters. The lowest BCUT2D eigenvalue weighted by molar-refractivity contribution is -0.119. The molecular weight excluding hydrogens is 269 g/mol. The molecule has 0 unspecified atom stereocenters. The van der Waals surface area contributed by atoms with E-state index >= 15 is 0 Å². The molecule has 21 heavy (non-hydrogen) atoms. The van der Waals surface area contributed by atoms with Gasteiger partial charge in [0.15, 0.2) is 0 Å². The van der Waals surface area contributed by atoms with E-state index in [1.807, 2.05) is 31.2 Å². The highest BCUT2D eigenvalue weighted by Crippen LogP contribution is 2.07. The molecule has 0 spiro atoms. The van der Waals surface area contributed by atoms with Crippen LogP contribution >= 0.6 is 0 Å². The number of amides is 1. The Morgan fingerprint density at radius 3 is 2.71 bits per heavy atom. The summed E-state index contributed by atoms with van der Waals surface area (Å²) in [6, 6.07) is 13.7. The lowest BCUT2D eigenvalue weighted by Crippen LogP contribution is -2.25. The van der Waals surface area contributed by atoms with Crippen LogP contribution in [-0.4, -0.2) is 18.7 Å². The molecule has 0 heterocycles. The molecule has 0 aliphatic carbocycles. The minimum atomic E-state index is -0.341. The number of hydrogen-bond donors (Lipinski definition) is 2. The lowest BCUT2D eigenvalue weighted by atomic mass is 10.2. The van der Waals surface area contributed by atoms with Gasteiger partial charge in [0.25, 0.3) is 5.91 Å². The number of carbonyl (C=O) groups is 1. The third kappa shape index (κ3) is 5.06. The summed E-state index contributed by atoms with van der Waals surface area (Å²) in [4.78, 5) is 11.6. The van der Waals surface area contributed by atoms with Gasteiger partial charge in [-0.15, -0.1) is 0 Å². The Morgan fingerprint density at radius 1 is 1.24 bits per heavy atom. The number of rotatable bonds is 5. The van der Waals surface area contributed by atoms with E-state index in [0.29, 0.717) is 5.56 Å².